The van der Waals surface area contributed by atoms with Crippen molar-refractivity contribution < 1.29 is 27.8 Å². The lowest BCUT2D eigenvalue weighted by atomic mass is 10.0. The minimum atomic E-state index is -3.79. The quantitative estimate of drug-likeness (QED) is 0.493. The van der Waals surface area contributed by atoms with Crippen molar-refractivity contribution in [2.75, 3.05) is 52.3 Å². The first-order valence-corrected chi connectivity index (χ1v) is 15.9. The summed E-state index contributed by atoms with van der Waals surface area (Å²) < 4.78 is 40.5. The number of fused-ring (bicyclic) bond motifs is 1. The Bertz CT molecular complexity index is 1260. The molecule has 0 aliphatic carbocycles. The Labute approximate surface area is 250 Å². The van der Waals surface area contributed by atoms with E-state index in [1.807, 2.05) is 51.0 Å². The van der Waals surface area contributed by atoms with E-state index in [0.29, 0.717) is 22.9 Å². The van der Waals surface area contributed by atoms with E-state index in [1.165, 1.54) is 23.5 Å². The number of sulfonamides is 1. The highest BCUT2D eigenvalue weighted by molar-refractivity contribution is 7.89. The van der Waals surface area contributed by atoms with Crippen molar-refractivity contribution in [2.45, 2.75) is 63.2 Å². The van der Waals surface area contributed by atoms with Gasteiger partial charge in [0.2, 0.25) is 10.0 Å². The summed E-state index contributed by atoms with van der Waals surface area (Å²) >= 11 is 5.96. The molecule has 228 valence electrons. The number of hydrogen-bond donors (Lipinski definition) is 1. The van der Waals surface area contributed by atoms with Gasteiger partial charge in [-0.3, -0.25) is 4.79 Å². The van der Waals surface area contributed by atoms with E-state index in [1.54, 1.807) is 24.0 Å². The van der Waals surface area contributed by atoms with Gasteiger partial charge in [-0.15, -0.1) is 0 Å². The number of aliphatic hydroxyl groups is 1. The molecule has 1 aliphatic rings. The third-order valence-corrected chi connectivity index (χ3v) is 9.60. The van der Waals surface area contributed by atoms with Crippen LogP contribution in [0.2, 0.25) is 5.02 Å². The predicted octanol–water partition coefficient (Wildman–Crippen LogP) is 4.52. The van der Waals surface area contributed by atoms with Gasteiger partial charge >= 0.3 is 0 Å². The summed E-state index contributed by atoms with van der Waals surface area (Å²) in [6, 6.07) is 11.2. The monoisotopic (exact) mass is 609 g/mol. The highest BCUT2D eigenvalue weighted by Gasteiger charge is 2.32. The second-order valence-electron chi connectivity index (χ2n) is 11.1. The number of carbonyl (C=O) groups excluding carboxylic acids is 1. The average molecular weight is 610 g/mol. The molecular weight excluding hydrogens is 566 g/mol. The van der Waals surface area contributed by atoms with Gasteiger partial charge in [0.05, 0.1) is 35.3 Å². The van der Waals surface area contributed by atoms with E-state index in [0.717, 1.165) is 24.9 Å². The minimum Gasteiger partial charge on any atom is -0.490 e. The summed E-state index contributed by atoms with van der Waals surface area (Å²) in [6.07, 6.45) is 1.80. The van der Waals surface area contributed by atoms with Crippen molar-refractivity contribution in [3.8, 4) is 5.75 Å². The molecule has 1 heterocycles. The van der Waals surface area contributed by atoms with Crippen molar-refractivity contribution in [1.29, 1.82) is 0 Å². The number of ether oxygens (including phenoxy) is 2. The van der Waals surface area contributed by atoms with Crippen LogP contribution in [0.25, 0.3) is 0 Å². The van der Waals surface area contributed by atoms with Gasteiger partial charge < -0.3 is 24.4 Å². The molecule has 0 saturated heterocycles. The number of aliphatic hydroxyl groups excluding tert-OH is 1. The Hall–Kier alpha value is -2.37. The summed E-state index contributed by atoms with van der Waals surface area (Å²) in [4.78, 5) is 17.8. The molecule has 0 saturated carbocycles. The van der Waals surface area contributed by atoms with Gasteiger partial charge in [0.25, 0.3) is 5.91 Å². The predicted molar refractivity (Wildman–Crippen MR) is 162 cm³/mol. The molecule has 1 aliphatic heterocycles. The fraction of sp³-hybridized carbons (Fsp3) is 0.567. The average Bonchev–Trinajstić information content (AvgIpc) is 2.93. The first-order valence-electron chi connectivity index (χ1n) is 14.1. The fourth-order valence-corrected chi connectivity index (χ4v) is 6.10. The van der Waals surface area contributed by atoms with Crippen LogP contribution in [-0.4, -0.2) is 94.3 Å². The van der Waals surface area contributed by atoms with Crippen LogP contribution < -0.4 is 9.64 Å². The van der Waals surface area contributed by atoms with Gasteiger partial charge in [-0.1, -0.05) is 18.5 Å². The minimum absolute atomic E-state index is 0.0997. The van der Waals surface area contributed by atoms with E-state index in [4.69, 9.17) is 21.1 Å². The molecule has 4 atom stereocenters. The van der Waals surface area contributed by atoms with E-state index in [-0.39, 0.29) is 42.5 Å². The zero-order chi connectivity index (χ0) is 30.3. The van der Waals surface area contributed by atoms with Crippen LogP contribution in [0.4, 0.5) is 5.69 Å². The van der Waals surface area contributed by atoms with Crippen LogP contribution in [0, 0.1) is 5.92 Å². The highest BCUT2D eigenvalue weighted by atomic mass is 35.5. The molecule has 3 rings (SSSR count). The Kier molecular flexibility index (Phi) is 11.9. The van der Waals surface area contributed by atoms with Crippen LogP contribution in [0.1, 0.15) is 50.4 Å². The van der Waals surface area contributed by atoms with Crippen molar-refractivity contribution in [3.05, 3.63) is 53.1 Å². The maximum absolute atomic E-state index is 14.1. The second-order valence-corrected chi connectivity index (χ2v) is 13.6. The largest absolute Gasteiger partial charge is 0.490 e. The molecule has 2 aromatic carbocycles. The lowest BCUT2D eigenvalue weighted by Crippen LogP contribution is -2.48. The standard InChI is InChI=1S/C30H44ClN3O6S/c1-21-18-34(22(2)20-35)30(36)27-17-25(32(4)5)12-15-28(27)40-23(3)9-7-8-16-39-29(21)19-33(6)41(37,38)26-13-10-24(31)11-14-26/h10-15,17,21-23,29,35H,7-9,16,18-20H2,1-6H3/t21-,22-,23-,29-/m0/s1. The van der Waals surface area contributed by atoms with Gasteiger partial charge in [0.1, 0.15) is 5.75 Å². The number of benzene rings is 2. The molecular formula is C30H44ClN3O6S. The summed E-state index contributed by atoms with van der Waals surface area (Å²) in [6.45, 7) is 6.29. The fourth-order valence-electron chi connectivity index (χ4n) is 4.79. The first-order chi connectivity index (χ1) is 19.3. The number of rotatable bonds is 7. The Morgan fingerprint density at radius 3 is 2.41 bits per heavy atom. The number of anilines is 1. The maximum Gasteiger partial charge on any atom is 0.258 e. The third-order valence-electron chi connectivity index (χ3n) is 7.51. The summed E-state index contributed by atoms with van der Waals surface area (Å²) in [5, 5.41) is 10.6. The lowest BCUT2D eigenvalue weighted by Gasteiger charge is -2.35. The van der Waals surface area contributed by atoms with Crippen molar-refractivity contribution in [3.63, 3.8) is 0 Å². The second kappa shape index (κ2) is 14.7. The molecule has 2 aromatic rings. The van der Waals surface area contributed by atoms with Gasteiger partial charge in [-0.05, 0) is 75.6 Å². The Morgan fingerprint density at radius 1 is 1.10 bits per heavy atom. The van der Waals surface area contributed by atoms with Crippen molar-refractivity contribution >= 4 is 33.2 Å². The van der Waals surface area contributed by atoms with Crippen LogP contribution >= 0.6 is 11.6 Å². The van der Waals surface area contributed by atoms with Gasteiger partial charge in [0, 0.05) is 57.5 Å². The lowest BCUT2D eigenvalue weighted by molar-refractivity contribution is -0.00833. The number of likely N-dealkylation sites (N-methyl/N-ethyl adjacent to an activating group) is 1. The van der Waals surface area contributed by atoms with Crippen LogP contribution in [0.5, 0.6) is 5.75 Å². The van der Waals surface area contributed by atoms with Gasteiger partial charge in [-0.25, -0.2) is 8.42 Å². The number of halogens is 1. The number of hydrogen-bond acceptors (Lipinski definition) is 7. The topological polar surface area (TPSA) is 99.6 Å². The number of nitrogens with zero attached hydrogens (tertiary/aromatic N) is 3. The molecule has 0 spiro atoms. The molecule has 0 unspecified atom stereocenters. The maximum atomic E-state index is 14.1. The normalized spacial score (nSPS) is 22.0. The van der Waals surface area contributed by atoms with Crippen LogP contribution in [-0.2, 0) is 14.8 Å². The Balaban J connectivity index is 1.96. The summed E-state index contributed by atoms with van der Waals surface area (Å²) in [5.74, 6) is -0.00382. The number of amides is 1. The van der Waals surface area contributed by atoms with E-state index in [2.05, 4.69) is 0 Å². The third kappa shape index (κ3) is 8.58. The summed E-state index contributed by atoms with van der Waals surface area (Å²) in [7, 11) is 1.55. The van der Waals surface area contributed by atoms with E-state index < -0.39 is 22.2 Å². The molecule has 0 radical (unpaired) electrons. The van der Waals surface area contributed by atoms with Crippen molar-refractivity contribution in [2.24, 2.45) is 5.92 Å². The van der Waals surface area contributed by atoms with Gasteiger partial charge in [-0.2, -0.15) is 4.31 Å². The summed E-state index contributed by atoms with van der Waals surface area (Å²) in [5.41, 5.74) is 1.28. The van der Waals surface area contributed by atoms with Crippen LogP contribution in [0.3, 0.4) is 0 Å². The molecule has 11 heteroatoms. The SMILES string of the molecule is C[C@H]1CCCCO[C@@H](CN(C)S(=O)(=O)c2ccc(Cl)cc2)[C@@H](C)CN([C@@H](C)CO)C(=O)c2cc(N(C)C)ccc2O1. The zero-order valence-corrected chi connectivity index (χ0v) is 26.5. The molecule has 0 aromatic heterocycles. The first kappa shape index (κ1) is 33.1. The molecule has 0 fully saturated rings. The number of carbonyl (C=O) groups is 1. The zero-order valence-electron chi connectivity index (χ0n) is 24.9. The molecule has 41 heavy (non-hydrogen) atoms. The smallest absolute Gasteiger partial charge is 0.258 e. The highest BCUT2D eigenvalue weighted by Crippen LogP contribution is 2.29. The van der Waals surface area contributed by atoms with Crippen LogP contribution in [0.15, 0.2) is 47.4 Å². The van der Waals surface area contributed by atoms with E-state index >= 15 is 0 Å². The molecule has 1 amide bonds. The molecule has 1 N–H and O–H groups in total. The Morgan fingerprint density at radius 2 is 1.78 bits per heavy atom. The van der Waals surface area contributed by atoms with Crippen molar-refractivity contribution in [1.82, 2.24) is 9.21 Å². The molecule has 9 nitrogen and oxygen atoms in total. The van der Waals surface area contributed by atoms with E-state index in [9.17, 15) is 18.3 Å². The van der Waals surface area contributed by atoms with Gasteiger partial charge in [0.15, 0.2) is 0 Å². The molecule has 0 bridgehead atoms.